The summed E-state index contributed by atoms with van der Waals surface area (Å²) in [6, 6.07) is -0.626. The molecule has 1 fully saturated rings. The molecule has 0 bridgehead atoms. The van der Waals surface area contributed by atoms with Crippen LogP contribution in [-0.4, -0.2) is 61.1 Å². The van der Waals surface area contributed by atoms with Crippen molar-refractivity contribution in [3.8, 4) is 0 Å². The number of carbonyl (C=O) groups excluding carboxylic acids is 2. The quantitative estimate of drug-likeness (QED) is 0.674. The molecule has 1 saturated heterocycles. The summed E-state index contributed by atoms with van der Waals surface area (Å²) in [7, 11) is 0. The fourth-order valence-corrected chi connectivity index (χ4v) is 2.20. The number of hydrogen-bond donors (Lipinski definition) is 2. The Hall–Kier alpha value is -1.14. The predicted molar refractivity (Wildman–Crippen MR) is 72.7 cm³/mol. The zero-order chi connectivity index (χ0) is 14.4. The Morgan fingerprint density at radius 3 is 2.68 bits per heavy atom. The van der Waals surface area contributed by atoms with Crippen LogP contribution in [0.3, 0.4) is 0 Å². The second-order valence-corrected chi connectivity index (χ2v) is 5.05. The molecule has 0 saturated carbocycles. The highest BCUT2D eigenvalue weighted by Gasteiger charge is 2.35. The van der Waals surface area contributed by atoms with Crippen LogP contribution in [0.15, 0.2) is 0 Å². The standard InChI is InChI=1S/C13H25N3O3/c1-5-19-13(18)11-8-14-6-7-16(11)10(4)12(17)15-9(2)3/h9-11,14H,5-8H2,1-4H3,(H,15,17). The van der Waals surface area contributed by atoms with Gasteiger partial charge in [-0.05, 0) is 27.7 Å². The van der Waals surface area contributed by atoms with E-state index in [0.717, 1.165) is 6.54 Å². The molecule has 0 radical (unpaired) electrons. The molecule has 2 unspecified atom stereocenters. The third kappa shape index (κ3) is 4.47. The summed E-state index contributed by atoms with van der Waals surface area (Å²) in [6.07, 6.45) is 0. The predicted octanol–water partition coefficient (Wildman–Crippen LogP) is -0.264. The number of ether oxygens (including phenoxy) is 1. The van der Waals surface area contributed by atoms with Crippen LogP contribution in [0, 0.1) is 0 Å². The van der Waals surface area contributed by atoms with Crippen LogP contribution in [0.2, 0.25) is 0 Å². The molecule has 1 aliphatic heterocycles. The molecule has 6 heteroatoms. The smallest absolute Gasteiger partial charge is 0.324 e. The van der Waals surface area contributed by atoms with Crippen LogP contribution in [0.25, 0.3) is 0 Å². The minimum Gasteiger partial charge on any atom is -0.465 e. The maximum Gasteiger partial charge on any atom is 0.324 e. The van der Waals surface area contributed by atoms with Gasteiger partial charge in [0.2, 0.25) is 5.91 Å². The van der Waals surface area contributed by atoms with Crippen LogP contribution in [0.1, 0.15) is 27.7 Å². The van der Waals surface area contributed by atoms with E-state index in [4.69, 9.17) is 4.74 Å². The second kappa shape index (κ2) is 7.45. The maximum atomic E-state index is 12.1. The van der Waals surface area contributed by atoms with E-state index in [1.54, 1.807) is 6.92 Å². The zero-order valence-corrected chi connectivity index (χ0v) is 12.2. The number of piperazine rings is 1. The zero-order valence-electron chi connectivity index (χ0n) is 12.2. The SMILES string of the molecule is CCOC(=O)C1CNCCN1C(C)C(=O)NC(C)C. The highest BCUT2D eigenvalue weighted by Crippen LogP contribution is 2.11. The van der Waals surface area contributed by atoms with Gasteiger partial charge < -0.3 is 15.4 Å². The van der Waals surface area contributed by atoms with Crippen LogP contribution >= 0.6 is 0 Å². The molecule has 0 aromatic carbocycles. The molecule has 6 nitrogen and oxygen atoms in total. The van der Waals surface area contributed by atoms with Gasteiger partial charge in [0.25, 0.3) is 0 Å². The summed E-state index contributed by atoms with van der Waals surface area (Å²) in [4.78, 5) is 25.9. The third-order valence-electron chi connectivity index (χ3n) is 3.15. The summed E-state index contributed by atoms with van der Waals surface area (Å²) in [5.74, 6) is -0.315. The molecular weight excluding hydrogens is 246 g/mol. The largest absolute Gasteiger partial charge is 0.465 e. The van der Waals surface area contributed by atoms with Crippen molar-refractivity contribution in [2.45, 2.75) is 45.8 Å². The lowest BCUT2D eigenvalue weighted by atomic mass is 10.1. The molecule has 19 heavy (non-hydrogen) atoms. The number of nitrogens with one attached hydrogen (secondary N) is 2. The van der Waals surface area contributed by atoms with Gasteiger partial charge in [0.15, 0.2) is 0 Å². The van der Waals surface area contributed by atoms with E-state index in [-0.39, 0.29) is 30.0 Å². The third-order valence-corrected chi connectivity index (χ3v) is 3.15. The minimum absolute atomic E-state index is 0.0498. The van der Waals surface area contributed by atoms with Gasteiger partial charge >= 0.3 is 5.97 Å². The molecule has 1 aliphatic rings. The first-order chi connectivity index (χ1) is 8.97. The molecule has 0 spiro atoms. The highest BCUT2D eigenvalue weighted by atomic mass is 16.5. The lowest BCUT2D eigenvalue weighted by Gasteiger charge is -2.38. The summed E-state index contributed by atoms with van der Waals surface area (Å²) < 4.78 is 5.07. The Morgan fingerprint density at radius 2 is 2.11 bits per heavy atom. The molecular formula is C13H25N3O3. The average molecular weight is 271 g/mol. The van der Waals surface area contributed by atoms with Gasteiger partial charge in [-0.1, -0.05) is 0 Å². The summed E-state index contributed by atoms with van der Waals surface area (Å²) >= 11 is 0. The lowest BCUT2D eigenvalue weighted by Crippen LogP contribution is -2.61. The van der Waals surface area contributed by atoms with E-state index in [0.29, 0.717) is 19.7 Å². The Labute approximate surface area is 114 Å². The molecule has 0 aromatic heterocycles. The van der Waals surface area contributed by atoms with Crippen molar-refractivity contribution >= 4 is 11.9 Å². The number of rotatable bonds is 5. The Kier molecular flexibility index (Phi) is 6.24. The van der Waals surface area contributed by atoms with Gasteiger partial charge in [-0.2, -0.15) is 0 Å². The van der Waals surface area contributed by atoms with E-state index in [1.807, 2.05) is 25.7 Å². The van der Waals surface area contributed by atoms with Crippen molar-refractivity contribution in [1.29, 1.82) is 0 Å². The van der Waals surface area contributed by atoms with E-state index >= 15 is 0 Å². The van der Waals surface area contributed by atoms with Crippen molar-refractivity contribution in [1.82, 2.24) is 15.5 Å². The highest BCUT2D eigenvalue weighted by molar-refractivity contribution is 5.83. The van der Waals surface area contributed by atoms with Crippen LogP contribution in [-0.2, 0) is 14.3 Å². The monoisotopic (exact) mass is 271 g/mol. The Bertz CT molecular complexity index is 320. The fraction of sp³-hybridized carbons (Fsp3) is 0.846. The molecule has 110 valence electrons. The number of amides is 1. The van der Waals surface area contributed by atoms with Gasteiger partial charge in [-0.25, -0.2) is 0 Å². The molecule has 2 N–H and O–H groups in total. The van der Waals surface area contributed by atoms with Crippen LogP contribution in [0.5, 0.6) is 0 Å². The van der Waals surface area contributed by atoms with Gasteiger partial charge in [0.05, 0.1) is 12.6 Å². The van der Waals surface area contributed by atoms with E-state index in [2.05, 4.69) is 10.6 Å². The summed E-state index contributed by atoms with van der Waals surface area (Å²) in [6.45, 7) is 9.78. The van der Waals surface area contributed by atoms with Crippen molar-refractivity contribution in [2.24, 2.45) is 0 Å². The van der Waals surface area contributed by atoms with Crippen molar-refractivity contribution in [3.05, 3.63) is 0 Å². The van der Waals surface area contributed by atoms with Gasteiger partial charge in [0.1, 0.15) is 6.04 Å². The number of nitrogens with zero attached hydrogens (tertiary/aromatic N) is 1. The van der Waals surface area contributed by atoms with Gasteiger partial charge in [0, 0.05) is 25.7 Å². The van der Waals surface area contributed by atoms with E-state index < -0.39 is 0 Å². The molecule has 0 aromatic rings. The summed E-state index contributed by atoms with van der Waals surface area (Å²) in [5.41, 5.74) is 0. The topological polar surface area (TPSA) is 70.7 Å². The molecule has 0 aliphatic carbocycles. The lowest BCUT2D eigenvalue weighted by molar-refractivity contribution is -0.152. The van der Waals surface area contributed by atoms with E-state index in [9.17, 15) is 9.59 Å². The molecule has 1 rings (SSSR count). The van der Waals surface area contributed by atoms with Crippen LogP contribution in [0.4, 0.5) is 0 Å². The van der Waals surface area contributed by atoms with E-state index in [1.165, 1.54) is 0 Å². The molecule has 2 atom stereocenters. The van der Waals surface area contributed by atoms with Gasteiger partial charge in [-0.15, -0.1) is 0 Å². The first-order valence-corrected chi connectivity index (χ1v) is 6.90. The number of carbonyl (C=O) groups is 2. The van der Waals surface area contributed by atoms with Crippen LogP contribution < -0.4 is 10.6 Å². The maximum absolute atomic E-state index is 12.1. The first-order valence-electron chi connectivity index (χ1n) is 6.90. The fourth-order valence-electron chi connectivity index (χ4n) is 2.20. The molecule has 1 amide bonds. The van der Waals surface area contributed by atoms with Gasteiger partial charge in [-0.3, -0.25) is 14.5 Å². The average Bonchev–Trinajstić information content (AvgIpc) is 2.37. The van der Waals surface area contributed by atoms with Crippen molar-refractivity contribution in [3.63, 3.8) is 0 Å². The minimum atomic E-state index is -0.387. The van der Waals surface area contributed by atoms with Crippen molar-refractivity contribution < 1.29 is 14.3 Å². The number of hydrogen-bond acceptors (Lipinski definition) is 5. The van der Waals surface area contributed by atoms with Crippen molar-refractivity contribution in [2.75, 3.05) is 26.2 Å². The Morgan fingerprint density at radius 1 is 1.42 bits per heavy atom. The second-order valence-electron chi connectivity index (χ2n) is 5.05. The summed E-state index contributed by atoms with van der Waals surface area (Å²) in [5, 5.41) is 6.04. The molecule has 1 heterocycles. The Balaban J connectivity index is 2.70. The number of esters is 1. The normalized spacial score (nSPS) is 22.1. The first kappa shape index (κ1) is 15.9.